The van der Waals surface area contributed by atoms with Crippen LogP contribution in [0, 0.1) is 22.7 Å². The monoisotopic (exact) mass is 201 g/mol. The second-order valence-electron chi connectivity index (χ2n) is 2.59. The van der Waals surface area contributed by atoms with Crippen LogP contribution in [0.25, 0.3) is 0 Å². The molecule has 1 aliphatic heterocycles. The number of hydrogen-bond donors (Lipinski definition) is 0. The standard InChI is InChI=1S/C6H4BrNO2/c7-4-3-1-10-5(9)6(3,4)2-8/h3-4H,1H2/t3-,4+,6-/m1/s1. The highest BCUT2D eigenvalue weighted by Crippen LogP contribution is 2.61. The summed E-state index contributed by atoms with van der Waals surface area (Å²) in [5.74, 6) is -0.258. The summed E-state index contributed by atoms with van der Waals surface area (Å²) < 4.78 is 4.69. The Labute approximate surface area is 66.1 Å². The van der Waals surface area contributed by atoms with E-state index in [1.807, 2.05) is 6.07 Å². The fourth-order valence-corrected chi connectivity index (χ4v) is 2.41. The van der Waals surface area contributed by atoms with Gasteiger partial charge in [0.25, 0.3) is 0 Å². The Kier molecular flexibility index (Phi) is 0.948. The number of ether oxygens (including phenoxy) is 1. The summed E-state index contributed by atoms with van der Waals surface area (Å²) in [6, 6.07) is 1.99. The van der Waals surface area contributed by atoms with Crippen LogP contribution in [0.15, 0.2) is 0 Å². The number of rotatable bonds is 0. The Balaban J connectivity index is 2.38. The van der Waals surface area contributed by atoms with Crippen LogP contribution < -0.4 is 0 Å². The summed E-state index contributed by atoms with van der Waals surface area (Å²) in [5.41, 5.74) is -0.819. The van der Waals surface area contributed by atoms with Crippen LogP contribution in [-0.2, 0) is 9.53 Å². The number of hydrogen-bond acceptors (Lipinski definition) is 3. The van der Waals surface area contributed by atoms with Gasteiger partial charge in [0.05, 0.1) is 17.5 Å². The molecule has 0 aromatic rings. The van der Waals surface area contributed by atoms with Crippen LogP contribution >= 0.6 is 15.9 Å². The van der Waals surface area contributed by atoms with Crippen molar-refractivity contribution in [2.45, 2.75) is 4.83 Å². The number of esters is 1. The molecule has 1 aliphatic carbocycles. The summed E-state index contributed by atoms with van der Waals surface area (Å²) in [5, 5.41) is 8.63. The van der Waals surface area contributed by atoms with E-state index < -0.39 is 5.41 Å². The average molecular weight is 202 g/mol. The first kappa shape index (κ1) is 6.17. The topological polar surface area (TPSA) is 50.1 Å². The number of carbonyl (C=O) groups excluding carboxylic acids is 1. The van der Waals surface area contributed by atoms with Gasteiger partial charge in [0.2, 0.25) is 0 Å². The molecule has 0 aromatic heterocycles. The van der Waals surface area contributed by atoms with E-state index in [9.17, 15) is 4.79 Å². The van der Waals surface area contributed by atoms with Crippen molar-refractivity contribution in [3.05, 3.63) is 0 Å². The highest BCUT2D eigenvalue weighted by Gasteiger charge is 2.75. The molecular weight excluding hydrogens is 198 g/mol. The van der Waals surface area contributed by atoms with E-state index >= 15 is 0 Å². The minimum atomic E-state index is -0.819. The first-order valence-corrected chi connectivity index (χ1v) is 3.87. The summed E-state index contributed by atoms with van der Waals surface area (Å²) in [7, 11) is 0. The number of halogens is 1. The van der Waals surface area contributed by atoms with Crippen LogP contribution in [-0.4, -0.2) is 17.4 Å². The van der Waals surface area contributed by atoms with Crippen molar-refractivity contribution in [1.82, 2.24) is 0 Å². The molecule has 0 bridgehead atoms. The molecule has 1 saturated carbocycles. The SMILES string of the molecule is N#C[C@@]12C(=O)OC[C@@H]1[C@@H]2Br. The second-order valence-corrected chi connectivity index (χ2v) is 3.57. The predicted molar refractivity (Wildman–Crippen MR) is 35.2 cm³/mol. The van der Waals surface area contributed by atoms with Crippen molar-refractivity contribution in [3.63, 3.8) is 0 Å². The quantitative estimate of drug-likeness (QED) is 0.423. The maximum absolute atomic E-state index is 10.9. The predicted octanol–water partition coefficient (Wildman–Crippen LogP) is 0.446. The Morgan fingerprint density at radius 1 is 1.90 bits per heavy atom. The molecular formula is C6H4BrNO2. The van der Waals surface area contributed by atoms with E-state index in [1.165, 1.54) is 0 Å². The lowest BCUT2D eigenvalue weighted by Crippen LogP contribution is -2.15. The van der Waals surface area contributed by atoms with Crippen molar-refractivity contribution >= 4 is 21.9 Å². The lowest BCUT2D eigenvalue weighted by molar-refractivity contribution is -0.142. The van der Waals surface area contributed by atoms with Gasteiger partial charge >= 0.3 is 5.97 Å². The summed E-state index contributed by atoms with van der Waals surface area (Å²) >= 11 is 3.26. The molecule has 0 aromatic carbocycles. The van der Waals surface area contributed by atoms with Crippen molar-refractivity contribution in [2.75, 3.05) is 6.61 Å². The minimum absolute atomic E-state index is 0.0336. The van der Waals surface area contributed by atoms with E-state index in [0.29, 0.717) is 6.61 Å². The van der Waals surface area contributed by atoms with E-state index in [2.05, 4.69) is 20.7 Å². The Hall–Kier alpha value is -0.560. The fourth-order valence-electron chi connectivity index (χ4n) is 1.37. The van der Waals surface area contributed by atoms with Crippen LogP contribution in [0.5, 0.6) is 0 Å². The number of fused-ring (bicyclic) bond motifs is 1. The molecule has 0 radical (unpaired) electrons. The van der Waals surface area contributed by atoms with Crippen molar-refractivity contribution in [3.8, 4) is 6.07 Å². The maximum Gasteiger partial charge on any atom is 0.328 e. The molecule has 10 heavy (non-hydrogen) atoms. The Morgan fingerprint density at radius 3 is 2.90 bits per heavy atom. The largest absolute Gasteiger partial charge is 0.464 e. The summed E-state index contributed by atoms with van der Waals surface area (Å²) in [6.45, 7) is 0.405. The molecule has 2 aliphatic rings. The summed E-state index contributed by atoms with van der Waals surface area (Å²) in [6.07, 6.45) is 0. The minimum Gasteiger partial charge on any atom is -0.464 e. The fraction of sp³-hybridized carbons (Fsp3) is 0.667. The highest BCUT2D eigenvalue weighted by molar-refractivity contribution is 9.09. The molecule has 0 unspecified atom stereocenters. The number of nitrogens with zero attached hydrogens (tertiary/aromatic N) is 1. The molecule has 52 valence electrons. The van der Waals surface area contributed by atoms with Gasteiger partial charge in [0, 0.05) is 5.92 Å². The van der Waals surface area contributed by atoms with Gasteiger partial charge in [-0.3, -0.25) is 4.79 Å². The first-order chi connectivity index (χ1) is 4.73. The number of carbonyl (C=O) groups is 1. The smallest absolute Gasteiger partial charge is 0.328 e. The van der Waals surface area contributed by atoms with Gasteiger partial charge < -0.3 is 4.74 Å². The van der Waals surface area contributed by atoms with Crippen LogP contribution in [0.4, 0.5) is 0 Å². The lowest BCUT2D eigenvalue weighted by Gasteiger charge is -1.98. The molecule has 3 atom stereocenters. The molecule has 0 spiro atoms. The summed E-state index contributed by atoms with van der Waals surface area (Å²) in [4.78, 5) is 10.9. The molecule has 1 heterocycles. The van der Waals surface area contributed by atoms with Crippen molar-refractivity contribution in [1.29, 1.82) is 5.26 Å². The van der Waals surface area contributed by atoms with Gasteiger partial charge in [-0.15, -0.1) is 0 Å². The Morgan fingerprint density at radius 2 is 2.60 bits per heavy atom. The maximum atomic E-state index is 10.9. The average Bonchev–Trinajstić information content (AvgIpc) is 2.33. The van der Waals surface area contributed by atoms with E-state index in [0.717, 1.165) is 0 Å². The van der Waals surface area contributed by atoms with Crippen LogP contribution in [0.3, 0.4) is 0 Å². The van der Waals surface area contributed by atoms with Gasteiger partial charge in [-0.25, -0.2) is 0 Å². The van der Waals surface area contributed by atoms with E-state index in [1.54, 1.807) is 0 Å². The molecule has 1 saturated heterocycles. The van der Waals surface area contributed by atoms with Gasteiger partial charge in [-0.1, -0.05) is 15.9 Å². The number of cyclic esters (lactones) is 1. The first-order valence-electron chi connectivity index (χ1n) is 2.96. The zero-order valence-electron chi connectivity index (χ0n) is 5.00. The molecule has 2 fully saturated rings. The third-order valence-electron chi connectivity index (χ3n) is 2.18. The molecule has 4 heteroatoms. The van der Waals surface area contributed by atoms with Gasteiger partial charge in [0.1, 0.15) is 0 Å². The number of alkyl halides is 1. The van der Waals surface area contributed by atoms with E-state index in [-0.39, 0.29) is 16.7 Å². The van der Waals surface area contributed by atoms with Gasteiger partial charge in [-0.05, 0) is 0 Å². The van der Waals surface area contributed by atoms with Crippen LogP contribution in [0.1, 0.15) is 0 Å². The Bertz CT molecular complexity index is 247. The lowest BCUT2D eigenvalue weighted by atomic mass is 10.1. The van der Waals surface area contributed by atoms with Crippen molar-refractivity contribution in [2.24, 2.45) is 11.3 Å². The molecule has 3 nitrogen and oxygen atoms in total. The second kappa shape index (κ2) is 1.54. The molecule has 0 amide bonds. The molecule has 2 rings (SSSR count). The van der Waals surface area contributed by atoms with Gasteiger partial charge in [0.15, 0.2) is 5.41 Å². The highest BCUT2D eigenvalue weighted by atomic mass is 79.9. The van der Waals surface area contributed by atoms with Gasteiger partial charge in [-0.2, -0.15) is 5.26 Å². The normalized spacial score (nSPS) is 49.4. The molecule has 0 N–H and O–H groups in total. The number of nitriles is 1. The zero-order chi connectivity index (χ0) is 7.35. The van der Waals surface area contributed by atoms with Crippen LogP contribution in [0.2, 0.25) is 0 Å². The third kappa shape index (κ3) is 0.410. The van der Waals surface area contributed by atoms with Crippen molar-refractivity contribution < 1.29 is 9.53 Å². The third-order valence-corrected chi connectivity index (χ3v) is 3.54. The van der Waals surface area contributed by atoms with E-state index in [4.69, 9.17) is 5.26 Å². The zero-order valence-corrected chi connectivity index (χ0v) is 6.59.